The number of hydrogen-bond acceptors (Lipinski definition) is 6. The van der Waals surface area contributed by atoms with Gasteiger partial charge >= 0.3 is 0 Å². The van der Waals surface area contributed by atoms with Crippen LogP contribution in [0.1, 0.15) is 11.8 Å². The standard InChI is InChI=1S/C13H23N3O2S3/c1-2-14-11-12-3-4-13(20-12)21(17,18)15-5-6-16-7-9-19-10-8-16/h3-4,14-15H,2,5-11H2,1H3. The Kier molecular flexibility index (Phi) is 6.97. The third-order valence-electron chi connectivity index (χ3n) is 3.27. The van der Waals surface area contributed by atoms with Crippen LogP contribution in [-0.2, 0) is 16.6 Å². The van der Waals surface area contributed by atoms with Gasteiger partial charge in [-0.2, -0.15) is 11.8 Å². The van der Waals surface area contributed by atoms with Crippen LogP contribution < -0.4 is 10.0 Å². The average molecular weight is 350 g/mol. The van der Waals surface area contributed by atoms with Gasteiger partial charge in [-0.05, 0) is 18.7 Å². The lowest BCUT2D eigenvalue weighted by atomic mass is 10.4. The molecule has 0 radical (unpaired) electrons. The quantitative estimate of drug-likeness (QED) is 0.738. The molecule has 1 saturated heterocycles. The molecule has 0 atom stereocenters. The van der Waals surface area contributed by atoms with Gasteiger partial charge in [-0.25, -0.2) is 13.1 Å². The fraction of sp³-hybridized carbons (Fsp3) is 0.692. The summed E-state index contributed by atoms with van der Waals surface area (Å²) in [6.07, 6.45) is 0. The first kappa shape index (κ1) is 17.2. The Morgan fingerprint density at radius 3 is 2.76 bits per heavy atom. The molecule has 0 saturated carbocycles. The Bertz CT molecular complexity index is 525. The van der Waals surface area contributed by atoms with Gasteiger partial charge < -0.3 is 10.2 Å². The summed E-state index contributed by atoms with van der Waals surface area (Å²) < 4.78 is 27.5. The van der Waals surface area contributed by atoms with Crippen LogP contribution >= 0.6 is 23.1 Å². The molecular weight excluding hydrogens is 326 g/mol. The van der Waals surface area contributed by atoms with Gasteiger partial charge in [-0.3, -0.25) is 0 Å². The lowest BCUT2D eigenvalue weighted by molar-refractivity contribution is 0.307. The summed E-state index contributed by atoms with van der Waals surface area (Å²) in [4.78, 5) is 3.36. The topological polar surface area (TPSA) is 61.4 Å². The molecule has 2 N–H and O–H groups in total. The van der Waals surface area contributed by atoms with E-state index in [9.17, 15) is 8.42 Å². The monoisotopic (exact) mass is 349 g/mol. The van der Waals surface area contributed by atoms with Crippen LogP contribution in [0.2, 0.25) is 0 Å². The van der Waals surface area contributed by atoms with E-state index in [0.29, 0.717) is 10.8 Å². The van der Waals surface area contributed by atoms with Crippen LogP contribution in [0.15, 0.2) is 16.3 Å². The zero-order valence-electron chi connectivity index (χ0n) is 12.3. The molecule has 1 aliphatic rings. The van der Waals surface area contributed by atoms with Gasteiger partial charge in [0, 0.05) is 49.1 Å². The fourth-order valence-corrected chi connectivity index (χ4v) is 5.45. The molecule has 1 aliphatic heterocycles. The van der Waals surface area contributed by atoms with E-state index in [-0.39, 0.29) is 0 Å². The Hall–Kier alpha value is -0.120. The van der Waals surface area contributed by atoms with Crippen LogP contribution in [0.4, 0.5) is 0 Å². The van der Waals surface area contributed by atoms with E-state index in [2.05, 4.69) is 14.9 Å². The largest absolute Gasteiger partial charge is 0.312 e. The van der Waals surface area contributed by atoms with Crippen LogP contribution in [0.25, 0.3) is 0 Å². The fourth-order valence-electron chi connectivity index (χ4n) is 2.08. The molecule has 1 fully saturated rings. The van der Waals surface area contributed by atoms with Crippen LogP contribution in [0.3, 0.4) is 0 Å². The van der Waals surface area contributed by atoms with Crippen molar-refractivity contribution in [2.24, 2.45) is 0 Å². The second-order valence-corrected chi connectivity index (χ2v) is 9.24. The summed E-state index contributed by atoms with van der Waals surface area (Å²) in [5.41, 5.74) is 0. The van der Waals surface area contributed by atoms with E-state index < -0.39 is 10.0 Å². The number of thioether (sulfide) groups is 1. The zero-order valence-corrected chi connectivity index (χ0v) is 14.7. The third kappa shape index (κ3) is 5.54. The predicted molar refractivity (Wildman–Crippen MR) is 90.7 cm³/mol. The second-order valence-electron chi connectivity index (χ2n) is 4.85. The van der Waals surface area contributed by atoms with Crippen LogP contribution in [0.5, 0.6) is 0 Å². The SMILES string of the molecule is CCNCc1ccc(S(=O)(=O)NCCN2CCSCC2)s1. The number of rotatable bonds is 8. The highest BCUT2D eigenvalue weighted by atomic mass is 32.2. The molecule has 0 bridgehead atoms. The van der Waals surface area contributed by atoms with Crippen molar-refractivity contribution in [1.29, 1.82) is 0 Å². The molecule has 2 rings (SSSR count). The summed E-state index contributed by atoms with van der Waals surface area (Å²) in [7, 11) is -3.36. The van der Waals surface area contributed by atoms with E-state index in [1.807, 2.05) is 24.8 Å². The van der Waals surface area contributed by atoms with Gasteiger partial charge in [0.1, 0.15) is 4.21 Å². The summed E-state index contributed by atoms with van der Waals surface area (Å²) in [5.74, 6) is 2.29. The minimum absolute atomic E-state index is 0.407. The first-order valence-electron chi connectivity index (χ1n) is 7.21. The van der Waals surface area contributed by atoms with Crippen LogP contribution in [0, 0.1) is 0 Å². The van der Waals surface area contributed by atoms with Crippen molar-refractivity contribution in [1.82, 2.24) is 14.9 Å². The zero-order chi connectivity index (χ0) is 15.1. The predicted octanol–water partition coefficient (Wildman–Crippen LogP) is 1.18. The maximum absolute atomic E-state index is 12.2. The van der Waals surface area contributed by atoms with Crippen molar-refractivity contribution in [2.45, 2.75) is 17.7 Å². The van der Waals surface area contributed by atoms with E-state index in [1.165, 1.54) is 11.3 Å². The van der Waals surface area contributed by atoms with Crippen molar-refractivity contribution in [3.8, 4) is 0 Å². The Morgan fingerprint density at radius 1 is 1.29 bits per heavy atom. The maximum atomic E-state index is 12.2. The molecule has 0 unspecified atom stereocenters. The molecular formula is C13H23N3O2S3. The molecule has 1 aromatic heterocycles. The summed E-state index contributed by atoms with van der Waals surface area (Å²) in [6.45, 7) is 7.01. The first-order chi connectivity index (χ1) is 10.1. The van der Waals surface area contributed by atoms with Crippen molar-refractivity contribution in [3.63, 3.8) is 0 Å². The summed E-state index contributed by atoms with van der Waals surface area (Å²) in [6, 6.07) is 3.57. The summed E-state index contributed by atoms with van der Waals surface area (Å²) >= 11 is 3.30. The second kappa shape index (κ2) is 8.50. The molecule has 0 spiro atoms. The van der Waals surface area contributed by atoms with Crippen molar-refractivity contribution in [3.05, 3.63) is 17.0 Å². The molecule has 0 aliphatic carbocycles. The van der Waals surface area contributed by atoms with E-state index in [1.54, 1.807) is 6.07 Å². The van der Waals surface area contributed by atoms with E-state index in [4.69, 9.17) is 0 Å². The highest BCUT2D eigenvalue weighted by molar-refractivity contribution is 7.99. The maximum Gasteiger partial charge on any atom is 0.250 e. The molecule has 8 heteroatoms. The number of sulfonamides is 1. The van der Waals surface area contributed by atoms with Crippen molar-refractivity contribution in [2.75, 3.05) is 44.2 Å². The minimum atomic E-state index is -3.36. The molecule has 0 aromatic carbocycles. The van der Waals surface area contributed by atoms with Gasteiger partial charge in [0.15, 0.2) is 0 Å². The molecule has 2 heterocycles. The van der Waals surface area contributed by atoms with Crippen molar-refractivity contribution >= 4 is 33.1 Å². The smallest absolute Gasteiger partial charge is 0.250 e. The molecule has 120 valence electrons. The molecule has 0 amide bonds. The number of nitrogens with zero attached hydrogens (tertiary/aromatic N) is 1. The number of nitrogens with one attached hydrogen (secondary N) is 2. The Morgan fingerprint density at radius 2 is 2.05 bits per heavy atom. The Balaban J connectivity index is 1.81. The highest BCUT2D eigenvalue weighted by Crippen LogP contribution is 2.21. The minimum Gasteiger partial charge on any atom is -0.312 e. The lowest BCUT2D eigenvalue weighted by Gasteiger charge is -2.25. The van der Waals surface area contributed by atoms with Crippen molar-refractivity contribution < 1.29 is 8.42 Å². The molecule has 1 aromatic rings. The van der Waals surface area contributed by atoms with Gasteiger partial charge in [0.05, 0.1) is 0 Å². The lowest BCUT2D eigenvalue weighted by Crippen LogP contribution is -2.39. The van der Waals surface area contributed by atoms with Crippen LogP contribution in [-0.4, -0.2) is 57.5 Å². The van der Waals surface area contributed by atoms with Gasteiger partial charge in [-0.1, -0.05) is 6.92 Å². The van der Waals surface area contributed by atoms with E-state index >= 15 is 0 Å². The number of thiophene rings is 1. The average Bonchev–Trinajstić information content (AvgIpc) is 2.96. The van der Waals surface area contributed by atoms with E-state index in [0.717, 1.165) is 49.1 Å². The van der Waals surface area contributed by atoms with Gasteiger partial charge in [0.25, 0.3) is 0 Å². The summed E-state index contributed by atoms with van der Waals surface area (Å²) in [5, 5.41) is 3.20. The van der Waals surface area contributed by atoms with Gasteiger partial charge in [0.2, 0.25) is 10.0 Å². The number of hydrogen-bond donors (Lipinski definition) is 2. The molecule has 21 heavy (non-hydrogen) atoms. The highest BCUT2D eigenvalue weighted by Gasteiger charge is 2.17. The third-order valence-corrected chi connectivity index (χ3v) is 7.26. The Labute approximate surface area is 135 Å². The first-order valence-corrected chi connectivity index (χ1v) is 10.7. The molecule has 5 nitrogen and oxygen atoms in total. The van der Waals surface area contributed by atoms with Gasteiger partial charge in [-0.15, -0.1) is 11.3 Å². The normalized spacial score (nSPS) is 17.2.